The van der Waals surface area contributed by atoms with Gasteiger partial charge in [-0.3, -0.25) is 0 Å². The maximum atomic E-state index is 6.05. The maximum absolute atomic E-state index is 6.05. The molecule has 1 aromatic rings. The van der Waals surface area contributed by atoms with Gasteiger partial charge < -0.3 is 10.1 Å². The van der Waals surface area contributed by atoms with Gasteiger partial charge in [0, 0.05) is 17.6 Å². The zero-order valence-electron chi connectivity index (χ0n) is 12.1. The van der Waals surface area contributed by atoms with Crippen LogP contribution in [0.5, 0.6) is 0 Å². The summed E-state index contributed by atoms with van der Waals surface area (Å²) in [5.41, 5.74) is 1.24. The normalized spacial score (nSPS) is 12.6. The summed E-state index contributed by atoms with van der Waals surface area (Å²) in [4.78, 5) is 0. The Morgan fingerprint density at radius 3 is 2.74 bits per heavy atom. The predicted octanol–water partition coefficient (Wildman–Crippen LogP) is 4.70. The number of hydrogen-bond acceptors (Lipinski definition) is 2. The molecule has 0 amide bonds. The molecule has 1 unspecified atom stereocenters. The van der Waals surface area contributed by atoms with Crippen molar-refractivity contribution in [3.8, 4) is 0 Å². The van der Waals surface area contributed by atoms with Gasteiger partial charge in [-0.05, 0) is 37.1 Å². The second-order valence-electron chi connectivity index (χ2n) is 4.83. The van der Waals surface area contributed by atoms with Gasteiger partial charge in [0.2, 0.25) is 0 Å². The molecular formula is C16H26BrNO. The van der Waals surface area contributed by atoms with Crippen molar-refractivity contribution in [2.24, 2.45) is 0 Å². The van der Waals surface area contributed by atoms with Crippen LogP contribution in [0.25, 0.3) is 0 Å². The molecule has 108 valence electrons. The molecule has 0 aliphatic rings. The minimum atomic E-state index is 0.154. The highest BCUT2D eigenvalue weighted by Crippen LogP contribution is 2.21. The van der Waals surface area contributed by atoms with Crippen molar-refractivity contribution in [1.82, 2.24) is 5.32 Å². The van der Waals surface area contributed by atoms with Crippen molar-refractivity contribution in [1.29, 1.82) is 0 Å². The van der Waals surface area contributed by atoms with E-state index in [0.717, 1.165) is 37.0 Å². The van der Waals surface area contributed by atoms with Gasteiger partial charge in [-0.25, -0.2) is 0 Å². The van der Waals surface area contributed by atoms with Crippen LogP contribution < -0.4 is 5.32 Å². The third-order valence-electron chi connectivity index (χ3n) is 3.04. The van der Waals surface area contributed by atoms with Crippen LogP contribution in [0.2, 0.25) is 0 Å². The van der Waals surface area contributed by atoms with Crippen LogP contribution in [-0.4, -0.2) is 19.7 Å². The second-order valence-corrected chi connectivity index (χ2v) is 5.74. The van der Waals surface area contributed by atoms with Gasteiger partial charge in [0.05, 0.1) is 6.10 Å². The molecule has 1 rings (SSSR count). The first-order valence-corrected chi connectivity index (χ1v) is 8.15. The lowest BCUT2D eigenvalue weighted by Crippen LogP contribution is -2.24. The molecule has 1 aromatic carbocycles. The molecule has 2 nitrogen and oxygen atoms in total. The molecule has 0 bridgehead atoms. The number of rotatable bonds is 10. The zero-order valence-corrected chi connectivity index (χ0v) is 13.7. The van der Waals surface area contributed by atoms with Crippen LogP contribution in [0.1, 0.15) is 51.2 Å². The molecule has 0 aliphatic carbocycles. The minimum absolute atomic E-state index is 0.154. The number of ether oxygens (including phenoxy) is 1. The van der Waals surface area contributed by atoms with E-state index in [4.69, 9.17) is 4.74 Å². The largest absolute Gasteiger partial charge is 0.372 e. The van der Waals surface area contributed by atoms with Crippen LogP contribution in [0.3, 0.4) is 0 Å². The van der Waals surface area contributed by atoms with Gasteiger partial charge in [0.25, 0.3) is 0 Å². The molecule has 0 saturated heterocycles. The number of nitrogens with one attached hydrogen (secondary N) is 1. The van der Waals surface area contributed by atoms with Crippen molar-refractivity contribution in [2.45, 2.75) is 45.6 Å². The molecule has 1 atom stereocenters. The number of unbranched alkanes of at least 4 members (excludes halogenated alkanes) is 2. The molecule has 19 heavy (non-hydrogen) atoms. The summed E-state index contributed by atoms with van der Waals surface area (Å²) in [6.45, 7) is 7.18. The van der Waals surface area contributed by atoms with Crippen LogP contribution in [0, 0.1) is 0 Å². The summed E-state index contributed by atoms with van der Waals surface area (Å²) >= 11 is 3.53. The first-order chi connectivity index (χ1) is 9.27. The van der Waals surface area contributed by atoms with Gasteiger partial charge in [-0.15, -0.1) is 0 Å². The average Bonchev–Trinajstić information content (AvgIpc) is 2.41. The highest BCUT2D eigenvalue weighted by Gasteiger charge is 2.11. The SMILES string of the molecule is CCCCCOC(CNCCC)c1cccc(Br)c1. The fourth-order valence-electron chi connectivity index (χ4n) is 1.97. The predicted molar refractivity (Wildman–Crippen MR) is 85.5 cm³/mol. The Morgan fingerprint density at radius 1 is 1.21 bits per heavy atom. The van der Waals surface area contributed by atoms with Crippen molar-refractivity contribution >= 4 is 15.9 Å². The quantitative estimate of drug-likeness (QED) is 0.629. The van der Waals surface area contributed by atoms with E-state index in [9.17, 15) is 0 Å². The number of benzene rings is 1. The fourth-order valence-corrected chi connectivity index (χ4v) is 2.38. The van der Waals surface area contributed by atoms with Gasteiger partial charge in [0.15, 0.2) is 0 Å². The summed E-state index contributed by atoms with van der Waals surface area (Å²) in [5, 5.41) is 3.45. The van der Waals surface area contributed by atoms with Crippen LogP contribution in [0.4, 0.5) is 0 Å². The topological polar surface area (TPSA) is 21.3 Å². The molecule has 3 heteroatoms. The highest BCUT2D eigenvalue weighted by molar-refractivity contribution is 9.10. The van der Waals surface area contributed by atoms with E-state index in [1.54, 1.807) is 0 Å². The molecule has 0 aromatic heterocycles. The third kappa shape index (κ3) is 7.09. The smallest absolute Gasteiger partial charge is 0.0949 e. The number of hydrogen-bond donors (Lipinski definition) is 1. The minimum Gasteiger partial charge on any atom is -0.372 e. The van der Waals surface area contributed by atoms with E-state index in [1.165, 1.54) is 18.4 Å². The van der Waals surface area contributed by atoms with Crippen molar-refractivity contribution < 1.29 is 4.74 Å². The van der Waals surface area contributed by atoms with E-state index >= 15 is 0 Å². The van der Waals surface area contributed by atoms with Crippen LogP contribution in [0.15, 0.2) is 28.7 Å². The summed E-state index contributed by atoms with van der Waals surface area (Å²) in [6, 6.07) is 8.42. The summed E-state index contributed by atoms with van der Waals surface area (Å²) < 4.78 is 7.16. The van der Waals surface area contributed by atoms with E-state index < -0.39 is 0 Å². The Kier molecular flexibility index (Phi) is 9.14. The Hall–Kier alpha value is -0.380. The first-order valence-electron chi connectivity index (χ1n) is 7.35. The van der Waals surface area contributed by atoms with E-state index in [0.29, 0.717) is 0 Å². The molecule has 0 radical (unpaired) electrons. The van der Waals surface area contributed by atoms with Crippen LogP contribution in [-0.2, 0) is 4.74 Å². The lowest BCUT2D eigenvalue weighted by Gasteiger charge is -2.19. The first kappa shape index (κ1) is 16.7. The molecule has 0 saturated carbocycles. The summed E-state index contributed by atoms with van der Waals surface area (Å²) in [6.07, 6.45) is 4.93. The maximum Gasteiger partial charge on any atom is 0.0949 e. The van der Waals surface area contributed by atoms with E-state index in [1.807, 2.05) is 0 Å². The van der Waals surface area contributed by atoms with Crippen LogP contribution >= 0.6 is 15.9 Å². The lowest BCUT2D eigenvalue weighted by molar-refractivity contribution is 0.0501. The Balaban J connectivity index is 2.52. The molecular weight excluding hydrogens is 302 g/mol. The molecule has 1 N–H and O–H groups in total. The average molecular weight is 328 g/mol. The third-order valence-corrected chi connectivity index (χ3v) is 3.54. The van der Waals surface area contributed by atoms with E-state index in [2.05, 4.69) is 59.4 Å². The van der Waals surface area contributed by atoms with Gasteiger partial charge in [-0.1, -0.05) is 54.8 Å². The van der Waals surface area contributed by atoms with Crippen molar-refractivity contribution in [3.05, 3.63) is 34.3 Å². The Morgan fingerprint density at radius 2 is 2.05 bits per heavy atom. The highest BCUT2D eigenvalue weighted by atomic mass is 79.9. The van der Waals surface area contributed by atoms with Crippen molar-refractivity contribution in [3.63, 3.8) is 0 Å². The molecule has 0 heterocycles. The van der Waals surface area contributed by atoms with Gasteiger partial charge in [-0.2, -0.15) is 0 Å². The standard InChI is InChI=1S/C16H26BrNO/c1-3-5-6-11-19-16(13-18-10-4-2)14-8-7-9-15(17)12-14/h7-9,12,16,18H,3-6,10-11,13H2,1-2H3. The monoisotopic (exact) mass is 327 g/mol. The molecule has 0 fully saturated rings. The van der Waals surface area contributed by atoms with Crippen molar-refractivity contribution in [2.75, 3.05) is 19.7 Å². The van der Waals surface area contributed by atoms with Gasteiger partial charge in [0.1, 0.15) is 0 Å². The summed E-state index contributed by atoms with van der Waals surface area (Å²) in [5.74, 6) is 0. The molecule has 0 spiro atoms. The number of halogens is 1. The van der Waals surface area contributed by atoms with E-state index in [-0.39, 0.29) is 6.10 Å². The molecule has 0 aliphatic heterocycles. The zero-order chi connectivity index (χ0) is 13.9. The Bertz CT molecular complexity index is 343. The van der Waals surface area contributed by atoms with Gasteiger partial charge >= 0.3 is 0 Å². The fraction of sp³-hybridized carbons (Fsp3) is 0.625. The second kappa shape index (κ2) is 10.4. The lowest BCUT2D eigenvalue weighted by atomic mass is 10.1. The summed E-state index contributed by atoms with van der Waals surface area (Å²) in [7, 11) is 0. The Labute approximate surface area is 126 Å².